The van der Waals surface area contributed by atoms with Gasteiger partial charge in [0.25, 0.3) is 0 Å². The zero-order valence-electron chi connectivity index (χ0n) is 41.6. The van der Waals surface area contributed by atoms with Crippen molar-refractivity contribution in [2.75, 3.05) is 13.2 Å². The smallest absolute Gasteiger partial charge is 0.306 e. The van der Waals surface area contributed by atoms with E-state index in [1.807, 2.05) is 0 Å². The molecular formula is C57H100O6. The highest BCUT2D eigenvalue weighted by molar-refractivity contribution is 5.71. The van der Waals surface area contributed by atoms with Gasteiger partial charge >= 0.3 is 17.9 Å². The minimum atomic E-state index is -0.798. The second kappa shape index (κ2) is 51.7. The summed E-state index contributed by atoms with van der Waals surface area (Å²) in [5, 5.41) is 0. The second-order valence-electron chi connectivity index (χ2n) is 17.7. The van der Waals surface area contributed by atoms with E-state index in [0.29, 0.717) is 19.3 Å². The average molecular weight is 881 g/mol. The van der Waals surface area contributed by atoms with Crippen LogP contribution in [-0.2, 0) is 28.6 Å². The summed E-state index contributed by atoms with van der Waals surface area (Å²) in [4.78, 5) is 38.0. The summed E-state index contributed by atoms with van der Waals surface area (Å²) in [5.41, 5.74) is 0. The van der Waals surface area contributed by atoms with E-state index in [1.165, 1.54) is 135 Å². The first-order chi connectivity index (χ1) is 31.0. The fourth-order valence-electron chi connectivity index (χ4n) is 7.45. The lowest BCUT2D eigenvalue weighted by Gasteiger charge is -2.18. The summed E-state index contributed by atoms with van der Waals surface area (Å²) in [6.07, 6.45) is 63.6. The Hall–Kier alpha value is -2.89. The standard InChI is InChI=1S/C57H100O6/c1-4-7-10-13-16-19-22-25-27-28-29-30-31-33-35-38-41-44-47-50-56(59)62-53-54(52-61-55(58)49-46-43-40-37-34-24-21-18-15-12-9-6-3)63-57(60)51-48-45-42-39-36-32-26-23-20-17-14-11-8-5-2/h9,12,18,21,28-29,32,34,36-37,54H,4-8,10-11,13-17,19-20,22-27,30-31,33,35,38-53H2,1-3H3/b12-9-,21-18-,29-28-,36-32-,37-34-. The predicted molar refractivity (Wildman–Crippen MR) is 270 cm³/mol. The zero-order chi connectivity index (χ0) is 45.8. The fraction of sp³-hybridized carbons (Fsp3) is 0.772. The van der Waals surface area contributed by atoms with Crippen LogP contribution in [0.3, 0.4) is 0 Å². The van der Waals surface area contributed by atoms with Gasteiger partial charge in [0.15, 0.2) is 6.10 Å². The molecule has 63 heavy (non-hydrogen) atoms. The maximum absolute atomic E-state index is 12.8. The summed E-state index contributed by atoms with van der Waals surface area (Å²) >= 11 is 0. The van der Waals surface area contributed by atoms with E-state index in [2.05, 4.69) is 81.5 Å². The van der Waals surface area contributed by atoms with Crippen LogP contribution in [0, 0.1) is 0 Å². The maximum Gasteiger partial charge on any atom is 0.306 e. The third-order valence-electron chi connectivity index (χ3n) is 11.5. The Labute approximate surface area is 390 Å². The minimum absolute atomic E-state index is 0.0942. The third-order valence-corrected chi connectivity index (χ3v) is 11.5. The molecule has 0 fully saturated rings. The van der Waals surface area contributed by atoms with Gasteiger partial charge in [-0.3, -0.25) is 14.4 Å². The molecule has 1 atom stereocenters. The molecule has 0 heterocycles. The van der Waals surface area contributed by atoms with Gasteiger partial charge in [-0.05, 0) is 103 Å². The fourth-order valence-corrected chi connectivity index (χ4v) is 7.45. The number of ether oxygens (including phenoxy) is 3. The van der Waals surface area contributed by atoms with Gasteiger partial charge in [-0.25, -0.2) is 0 Å². The second-order valence-corrected chi connectivity index (χ2v) is 17.7. The van der Waals surface area contributed by atoms with Gasteiger partial charge < -0.3 is 14.2 Å². The monoisotopic (exact) mass is 881 g/mol. The minimum Gasteiger partial charge on any atom is -0.462 e. The number of esters is 3. The molecule has 0 bridgehead atoms. The van der Waals surface area contributed by atoms with Crippen molar-refractivity contribution in [3.8, 4) is 0 Å². The highest BCUT2D eigenvalue weighted by Gasteiger charge is 2.19. The van der Waals surface area contributed by atoms with Crippen molar-refractivity contribution in [3.05, 3.63) is 60.8 Å². The maximum atomic E-state index is 12.8. The van der Waals surface area contributed by atoms with E-state index in [-0.39, 0.29) is 31.1 Å². The quantitative estimate of drug-likeness (QED) is 0.0262. The van der Waals surface area contributed by atoms with Crippen LogP contribution in [0.1, 0.15) is 265 Å². The molecule has 6 nitrogen and oxygen atoms in total. The van der Waals surface area contributed by atoms with Gasteiger partial charge in [0.2, 0.25) is 0 Å². The highest BCUT2D eigenvalue weighted by Crippen LogP contribution is 2.14. The van der Waals surface area contributed by atoms with Crippen molar-refractivity contribution in [2.45, 2.75) is 271 Å². The number of carbonyl (C=O) groups is 3. The summed E-state index contributed by atoms with van der Waals surface area (Å²) < 4.78 is 16.8. The van der Waals surface area contributed by atoms with Crippen molar-refractivity contribution in [3.63, 3.8) is 0 Å². The first kappa shape index (κ1) is 60.1. The average Bonchev–Trinajstić information content (AvgIpc) is 3.28. The number of unbranched alkanes of at least 4 members (excludes halogenated alkanes) is 27. The Morgan fingerprint density at radius 3 is 1.03 bits per heavy atom. The summed E-state index contributed by atoms with van der Waals surface area (Å²) in [5.74, 6) is -0.950. The molecular weight excluding hydrogens is 781 g/mol. The van der Waals surface area contributed by atoms with Gasteiger partial charge in [-0.15, -0.1) is 0 Å². The van der Waals surface area contributed by atoms with Gasteiger partial charge in [-0.1, -0.05) is 204 Å². The Balaban J connectivity index is 4.39. The Morgan fingerprint density at radius 1 is 0.333 bits per heavy atom. The number of rotatable bonds is 48. The van der Waals surface area contributed by atoms with E-state index in [0.717, 1.165) is 89.9 Å². The van der Waals surface area contributed by atoms with Crippen molar-refractivity contribution in [2.24, 2.45) is 0 Å². The first-order valence-corrected chi connectivity index (χ1v) is 26.8. The molecule has 0 saturated carbocycles. The van der Waals surface area contributed by atoms with Crippen molar-refractivity contribution < 1.29 is 28.6 Å². The predicted octanol–water partition coefficient (Wildman–Crippen LogP) is 17.6. The number of hydrogen-bond donors (Lipinski definition) is 0. The van der Waals surface area contributed by atoms with E-state index in [1.54, 1.807) is 0 Å². The van der Waals surface area contributed by atoms with Crippen molar-refractivity contribution >= 4 is 17.9 Å². The molecule has 1 unspecified atom stereocenters. The Kier molecular flexibility index (Phi) is 49.4. The van der Waals surface area contributed by atoms with Gasteiger partial charge in [0, 0.05) is 19.3 Å². The topological polar surface area (TPSA) is 78.9 Å². The van der Waals surface area contributed by atoms with Gasteiger partial charge in [0.05, 0.1) is 0 Å². The summed E-state index contributed by atoms with van der Waals surface area (Å²) in [6.45, 7) is 6.48. The van der Waals surface area contributed by atoms with Crippen LogP contribution in [0.15, 0.2) is 60.8 Å². The van der Waals surface area contributed by atoms with E-state index in [9.17, 15) is 14.4 Å². The molecule has 0 amide bonds. The Morgan fingerprint density at radius 2 is 0.619 bits per heavy atom. The molecule has 0 aromatic heterocycles. The molecule has 0 saturated heterocycles. The van der Waals surface area contributed by atoms with Gasteiger partial charge in [0.1, 0.15) is 13.2 Å². The molecule has 364 valence electrons. The van der Waals surface area contributed by atoms with E-state index in [4.69, 9.17) is 14.2 Å². The highest BCUT2D eigenvalue weighted by atomic mass is 16.6. The molecule has 0 rings (SSSR count). The molecule has 0 aliphatic heterocycles. The molecule has 0 aliphatic carbocycles. The zero-order valence-corrected chi connectivity index (χ0v) is 41.6. The number of hydrogen-bond acceptors (Lipinski definition) is 6. The van der Waals surface area contributed by atoms with Crippen molar-refractivity contribution in [1.29, 1.82) is 0 Å². The summed E-state index contributed by atoms with van der Waals surface area (Å²) in [6, 6.07) is 0. The van der Waals surface area contributed by atoms with Crippen LogP contribution in [0.4, 0.5) is 0 Å². The third kappa shape index (κ3) is 50.0. The SMILES string of the molecule is CC/C=C\C/C=C\C/C=C\CCCCC(=O)OCC(COC(=O)CCCCCCCCC/C=C\CCCCCCCCCC)OC(=O)CCCCC/C=C\CCCCCCCCC. The molecule has 0 N–H and O–H groups in total. The lowest BCUT2D eigenvalue weighted by atomic mass is 10.1. The van der Waals surface area contributed by atoms with Crippen LogP contribution in [0.5, 0.6) is 0 Å². The molecule has 0 aliphatic rings. The first-order valence-electron chi connectivity index (χ1n) is 26.8. The molecule has 0 radical (unpaired) electrons. The lowest BCUT2D eigenvalue weighted by Crippen LogP contribution is -2.30. The van der Waals surface area contributed by atoms with Gasteiger partial charge in [-0.2, -0.15) is 0 Å². The van der Waals surface area contributed by atoms with E-state index >= 15 is 0 Å². The molecule has 0 spiro atoms. The Bertz CT molecular complexity index is 1150. The molecule has 0 aromatic rings. The van der Waals surface area contributed by atoms with Crippen LogP contribution in [-0.4, -0.2) is 37.2 Å². The van der Waals surface area contributed by atoms with E-state index < -0.39 is 6.10 Å². The largest absolute Gasteiger partial charge is 0.462 e. The van der Waals surface area contributed by atoms with Crippen molar-refractivity contribution in [1.82, 2.24) is 0 Å². The number of carbonyl (C=O) groups excluding carboxylic acids is 3. The molecule has 0 aromatic carbocycles. The van der Waals surface area contributed by atoms with Crippen LogP contribution >= 0.6 is 0 Å². The molecule has 6 heteroatoms. The lowest BCUT2D eigenvalue weighted by molar-refractivity contribution is -0.167. The van der Waals surface area contributed by atoms with Crippen LogP contribution in [0.25, 0.3) is 0 Å². The van der Waals surface area contributed by atoms with Crippen LogP contribution in [0.2, 0.25) is 0 Å². The normalized spacial score (nSPS) is 12.5. The summed E-state index contributed by atoms with van der Waals surface area (Å²) in [7, 11) is 0. The number of allylic oxidation sites excluding steroid dienone is 10. The van der Waals surface area contributed by atoms with Crippen LogP contribution < -0.4 is 0 Å².